The van der Waals surface area contributed by atoms with Crippen molar-refractivity contribution in [3.8, 4) is 0 Å². The first kappa shape index (κ1) is 17.0. The topological polar surface area (TPSA) is 54.2 Å². The van der Waals surface area contributed by atoms with Gasteiger partial charge in [0, 0.05) is 30.8 Å². The van der Waals surface area contributed by atoms with Gasteiger partial charge >= 0.3 is 0 Å². The van der Waals surface area contributed by atoms with Crippen LogP contribution >= 0.6 is 0 Å². The quantitative estimate of drug-likeness (QED) is 0.932. The summed E-state index contributed by atoms with van der Waals surface area (Å²) >= 11 is 0. The Kier molecular flexibility index (Phi) is 4.64. The van der Waals surface area contributed by atoms with E-state index in [-0.39, 0.29) is 6.04 Å². The number of halogens is 2. The number of aliphatic hydroxyl groups is 1. The summed E-state index contributed by atoms with van der Waals surface area (Å²) in [4.78, 5) is 1.97. The summed E-state index contributed by atoms with van der Waals surface area (Å²) in [7, 11) is 0. The maximum Gasteiger partial charge on any atom is 0.130 e. The largest absolute Gasteiger partial charge is 0.382 e. The number of nitrogens with zero attached hydrogens (tertiary/aromatic N) is 4. The van der Waals surface area contributed by atoms with E-state index in [1.54, 1.807) is 10.9 Å². The minimum atomic E-state index is -1.10. The fraction of sp³-hybridized carbons (Fsp3) is 0.529. The molecular weight excluding hydrogens is 314 g/mol. The molecule has 7 heteroatoms. The van der Waals surface area contributed by atoms with Gasteiger partial charge in [-0.3, -0.25) is 4.90 Å². The molecule has 0 saturated carbocycles. The molecule has 1 aromatic heterocycles. The second kappa shape index (κ2) is 6.57. The maximum atomic E-state index is 13.9. The lowest BCUT2D eigenvalue weighted by Gasteiger charge is -2.38. The van der Waals surface area contributed by atoms with Crippen LogP contribution in [0.3, 0.4) is 0 Å². The highest BCUT2D eigenvalue weighted by Crippen LogP contribution is 2.31. The third kappa shape index (κ3) is 3.47. The number of piperidine rings is 1. The Morgan fingerprint density at radius 2 is 2.12 bits per heavy atom. The number of likely N-dealkylation sites (tertiary alicyclic amines) is 1. The van der Waals surface area contributed by atoms with E-state index in [4.69, 9.17) is 0 Å². The van der Waals surface area contributed by atoms with Crippen molar-refractivity contribution in [3.63, 3.8) is 0 Å². The molecule has 0 radical (unpaired) electrons. The normalized spacial score (nSPS) is 22.2. The van der Waals surface area contributed by atoms with Crippen LogP contribution in [-0.4, -0.2) is 38.1 Å². The Labute approximate surface area is 139 Å². The van der Waals surface area contributed by atoms with Gasteiger partial charge in [-0.25, -0.2) is 13.5 Å². The van der Waals surface area contributed by atoms with Crippen LogP contribution in [0.2, 0.25) is 0 Å². The number of benzene rings is 1. The fourth-order valence-electron chi connectivity index (χ4n) is 3.10. The molecular formula is C17H22F2N4O. The van der Waals surface area contributed by atoms with E-state index in [1.165, 1.54) is 12.1 Å². The molecule has 1 aromatic carbocycles. The third-order valence-corrected chi connectivity index (χ3v) is 4.48. The monoisotopic (exact) mass is 336 g/mol. The first-order valence-electron chi connectivity index (χ1n) is 8.18. The van der Waals surface area contributed by atoms with Gasteiger partial charge in [0.25, 0.3) is 0 Å². The van der Waals surface area contributed by atoms with Gasteiger partial charge in [-0.05, 0) is 39.3 Å². The van der Waals surface area contributed by atoms with Crippen molar-refractivity contribution in [2.24, 2.45) is 0 Å². The zero-order chi connectivity index (χ0) is 17.3. The first-order valence-corrected chi connectivity index (χ1v) is 8.18. The lowest BCUT2D eigenvalue weighted by molar-refractivity contribution is -0.0417. The van der Waals surface area contributed by atoms with Gasteiger partial charge in [0.05, 0.1) is 6.20 Å². The summed E-state index contributed by atoms with van der Waals surface area (Å²) in [6, 6.07) is 3.76. The van der Waals surface area contributed by atoms with E-state index in [9.17, 15) is 13.9 Å². The number of hydrogen-bond acceptors (Lipinski definition) is 4. The lowest BCUT2D eigenvalue weighted by Crippen LogP contribution is -2.46. The van der Waals surface area contributed by atoms with Crippen molar-refractivity contribution in [1.82, 2.24) is 19.9 Å². The number of rotatable bonds is 4. The summed E-state index contributed by atoms with van der Waals surface area (Å²) in [6.07, 6.45) is 3.13. The van der Waals surface area contributed by atoms with Crippen LogP contribution in [0, 0.1) is 11.6 Å². The van der Waals surface area contributed by atoms with Gasteiger partial charge in [-0.2, -0.15) is 0 Å². The van der Waals surface area contributed by atoms with Gasteiger partial charge < -0.3 is 5.11 Å². The second-order valence-corrected chi connectivity index (χ2v) is 6.76. The molecule has 0 amide bonds. The van der Waals surface area contributed by atoms with Crippen LogP contribution in [0.15, 0.2) is 24.4 Å². The molecule has 2 aromatic rings. The Morgan fingerprint density at radius 3 is 2.79 bits per heavy atom. The van der Waals surface area contributed by atoms with Gasteiger partial charge in [-0.1, -0.05) is 11.3 Å². The molecule has 1 aliphatic heterocycles. The van der Waals surface area contributed by atoms with E-state index in [0.29, 0.717) is 30.8 Å². The Hall–Kier alpha value is -1.86. The molecule has 1 fully saturated rings. The van der Waals surface area contributed by atoms with Gasteiger partial charge in [0.1, 0.15) is 22.9 Å². The molecule has 5 nitrogen and oxygen atoms in total. The number of aromatic nitrogens is 3. The predicted molar refractivity (Wildman–Crippen MR) is 85.2 cm³/mol. The van der Waals surface area contributed by atoms with Crippen LogP contribution in [0.1, 0.15) is 44.0 Å². The van der Waals surface area contributed by atoms with Crippen molar-refractivity contribution in [2.45, 2.75) is 44.9 Å². The zero-order valence-corrected chi connectivity index (χ0v) is 13.9. The first-order chi connectivity index (χ1) is 11.4. The third-order valence-electron chi connectivity index (χ3n) is 4.48. The van der Waals surface area contributed by atoms with E-state index >= 15 is 0 Å². The molecule has 130 valence electrons. The summed E-state index contributed by atoms with van der Waals surface area (Å²) in [5.41, 5.74) is -0.131. The fourth-order valence-corrected chi connectivity index (χ4v) is 3.10. The standard InChI is InChI=1S/C17H22F2N4O/c1-12(2)23-10-16(20-21-23)17(24)6-3-7-22(11-17)9-13-4-5-14(18)8-15(13)19/h4-5,8,10,12,24H,3,6-7,9,11H2,1-2H3/t17-/m0/s1. The molecule has 1 aliphatic rings. The summed E-state index contributed by atoms with van der Waals surface area (Å²) in [5, 5.41) is 19.2. The highest BCUT2D eigenvalue weighted by atomic mass is 19.1. The van der Waals surface area contributed by atoms with Gasteiger partial charge in [-0.15, -0.1) is 5.10 Å². The van der Waals surface area contributed by atoms with Crippen LogP contribution in [0.4, 0.5) is 8.78 Å². The van der Waals surface area contributed by atoms with Gasteiger partial charge in [0.2, 0.25) is 0 Å². The smallest absolute Gasteiger partial charge is 0.130 e. The summed E-state index contributed by atoms with van der Waals surface area (Å²) in [5.74, 6) is -1.15. The molecule has 1 atom stereocenters. The molecule has 1 saturated heterocycles. The summed E-state index contributed by atoms with van der Waals surface area (Å²) < 4.78 is 28.6. The molecule has 0 spiro atoms. The van der Waals surface area contributed by atoms with Gasteiger partial charge in [0.15, 0.2) is 0 Å². The Bertz CT molecular complexity index is 718. The average Bonchev–Trinajstić information content (AvgIpc) is 3.01. The van der Waals surface area contributed by atoms with Crippen LogP contribution < -0.4 is 0 Å². The van der Waals surface area contributed by atoms with E-state index in [2.05, 4.69) is 10.3 Å². The molecule has 0 bridgehead atoms. The predicted octanol–water partition coefficient (Wildman–Crippen LogP) is 2.62. The maximum absolute atomic E-state index is 13.9. The SMILES string of the molecule is CC(C)n1cc([C@]2(O)CCCN(Cc3ccc(F)cc3F)C2)nn1. The highest BCUT2D eigenvalue weighted by molar-refractivity contribution is 5.19. The molecule has 2 heterocycles. The van der Waals surface area contributed by atoms with Crippen molar-refractivity contribution >= 4 is 0 Å². The zero-order valence-electron chi connectivity index (χ0n) is 13.9. The highest BCUT2D eigenvalue weighted by Gasteiger charge is 2.37. The molecule has 3 rings (SSSR count). The molecule has 1 N–H and O–H groups in total. The molecule has 0 unspecified atom stereocenters. The van der Waals surface area contributed by atoms with E-state index in [1.807, 2.05) is 18.7 Å². The van der Waals surface area contributed by atoms with Crippen LogP contribution in [0.25, 0.3) is 0 Å². The number of hydrogen-bond donors (Lipinski definition) is 1. The Morgan fingerprint density at radius 1 is 1.33 bits per heavy atom. The minimum absolute atomic E-state index is 0.169. The van der Waals surface area contributed by atoms with Crippen molar-refractivity contribution in [3.05, 3.63) is 47.3 Å². The second-order valence-electron chi connectivity index (χ2n) is 6.76. The van der Waals surface area contributed by atoms with Crippen LogP contribution in [-0.2, 0) is 12.1 Å². The molecule has 0 aliphatic carbocycles. The number of β-amino-alcohol motifs (C(OH)–C–C–N with tert-alkyl or cyclic N) is 1. The lowest BCUT2D eigenvalue weighted by atomic mass is 9.89. The van der Waals surface area contributed by atoms with Crippen molar-refractivity contribution in [2.75, 3.05) is 13.1 Å². The van der Waals surface area contributed by atoms with Crippen molar-refractivity contribution in [1.29, 1.82) is 0 Å². The average molecular weight is 336 g/mol. The van der Waals surface area contributed by atoms with Crippen molar-refractivity contribution < 1.29 is 13.9 Å². The summed E-state index contributed by atoms with van der Waals surface area (Å²) in [6.45, 7) is 5.41. The molecule has 24 heavy (non-hydrogen) atoms. The Balaban J connectivity index is 1.75. The van der Waals surface area contributed by atoms with Crippen LogP contribution in [0.5, 0.6) is 0 Å². The van der Waals surface area contributed by atoms with E-state index < -0.39 is 17.2 Å². The minimum Gasteiger partial charge on any atom is -0.382 e. The van der Waals surface area contributed by atoms with E-state index in [0.717, 1.165) is 19.0 Å².